The number of benzene rings is 2. The second-order valence-electron chi connectivity index (χ2n) is 6.74. The predicted molar refractivity (Wildman–Crippen MR) is 109 cm³/mol. The molecule has 0 fully saturated rings. The minimum atomic E-state index is -0.216. The summed E-state index contributed by atoms with van der Waals surface area (Å²) in [5.74, 6) is 0.869. The Labute approximate surface area is 163 Å². The van der Waals surface area contributed by atoms with Crippen LogP contribution in [-0.2, 0) is 0 Å². The Morgan fingerprint density at radius 3 is 2.64 bits per heavy atom. The van der Waals surface area contributed by atoms with Crippen LogP contribution >= 0.6 is 22.6 Å². The van der Waals surface area contributed by atoms with E-state index in [1.807, 2.05) is 43.3 Å². The molecule has 0 bridgehead atoms. The van der Waals surface area contributed by atoms with E-state index >= 15 is 0 Å². The average molecular weight is 449 g/mol. The summed E-state index contributed by atoms with van der Waals surface area (Å²) in [6.45, 7) is 6.34. The van der Waals surface area contributed by atoms with Crippen molar-refractivity contribution in [2.24, 2.45) is 0 Å². The maximum Gasteiger partial charge on any atom is 0.252 e. The van der Waals surface area contributed by atoms with Crippen molar-refractivity contribution in [3.05, 3.63) is 62.7 Å². The molecule has 0 radical (unpaired) electrons. The van der Waals surface area contributed by atoms with Crippen LogP contribution in [-0.4, -0.2) is 11.5 Å². The zero-order valence-corrected chi connectivity index (χ0v) is 17.1. The number of aryl methyl sites for hydroxylation is 1. The SMILES string of the molecule is CCC1(CC)C[C@@H](NC(=O)c2ccc(C)cc2I)c2ccccc2O1. The standard InChI is InChI=1S/C21H24INO2/c1-4-21(5-2)13-18(16-8-6-7-9-19(16)25-21)23-20(24)15-11-10-14(3)12-17(15)22/h6-12,18H,4-5,13H2,1-3H3,(H,23,24)/t18-/m1/s1. The van der Waals surface area contributed by atoms with Crippen LogP contribution in [0.2, 0.25) is 0 Å². The first-order valence-electron chi connectivity index (χ1n) is 8.83. The van der Waals surface area contributed by atoms with Gasteiger partial charge < -0.3 is 10.1 Å². The van der Waals surface area contributed by atoms with Gasteiger partial charge in [-0.25, -0.2) is 0 Å². The van der Waals surface area contributed by atoms with Gasteiger partial charge in [0.25, 0.3) is 5.91 Å². The number of hydrogen-bond donors (Lipinski definition) is 1. The molecule has 0 aromatic heterocycles. The first-order chi connectivity index (χ1) is 12.0. The van der Waals surface area contributed by atoms with E-state index in [1.165, 1.54) is 0 Å². The number of fused-ring (bicyclic) bond motifs is 1. The van der Waals surface area contributed by atoms with E-state index in [4.69, 9.17) is 4.74 Å². The molecule has 1 N–H and O–H groups in total. The van der Waals surface area contributed by atoms with Gasteiger partial charge in [-0.15, -0.1) is 0 Å². The van der Waals surface area contributed by atoms with E-state index < -0.39 is 0 Å². The van der Waals surface area contributed by atoms with Crippen LogP contribution in [0.15, 0.2) is 42.5 Å². The molecular weight excluding hydrogens is 425 g/mol. The van der Waals surface area contributed by atoms with Crippen LogP contribution in [0.1, 0.15) is 60.6 Å². The number of nitrogens with one attached hydrogen (secondary N) is 1. The molecule has 0 unspecified atom stereocenters. The van der Waals surface area contributed by atoms with Crippen LogP contribution in [0.3, 0.4) is 0 Å². The van der Waals surface area contributed by atoms with E-state index in [1.54, 1.807) is 0 Å². The number of halogens is 1. The Kier molecular flexibility index (Phi) is 5.37. The number of hydrogen-bond acceptors (Lipinski definition) is 2. The van der Waals surface area contributed by atoms with E-state index in [-0.39, 0.29) is 17.6 Å². The Hall–Kier alpha value is -1.56. The fraction of sp³-hybridized carbons (Fsp3) is 0.381. The topological polar surface area (TPSA) is 38.3 Å². The Morgan fingerprint density at radius 1 is 1.24 bits per heavy atom. The van der Waals surface area contributed by atoms with Gasteiger partial charge in [-0.3, -0.25) is 4.79 Å². The van der Waals surface area contributed by atoms with Gasteiger partial charge in [0.05, 0.1) is 11.6 Å². The molecule has 3 rings (SSSR count). The molecule has 3 nitrogen and oxygen atoms in total. The molecule has 132 valence electrons. The Morgan fingerprint density at radius 2 is 1.96 bits per heavy atom. The van der Waals surface area contributed by atoms with Gasteiger partial charge in [0.15, 0.2) is 0 Å². The van der Waals surface area contributed by atoms with Crippen molar-refractivity contribution in [1.82, 2.24) is 5.32 Å². The largest absolute Gasteiger partial charge is 0.487 e. The molecule has 1 aliphatic heterocycles. The van der Waals surface area contributed by atoms with Crippen molar-refractivity contribution in [3.8, 4) is 5.75 Å². The highest BCUT2D eigenvalue weighted by atomic mass is 127. The first-order valence-corrected chi connectivity index (χ1v) is 9.91. The molecule has 0 saturated heterocycles. The van der Waals surface area contributed by atoms with E-state index in [0.717, 1.165) is 45.3 Å². The van der Waals surface area contributed by atoms with E-state index in [9.17, 15) is 4.79 Å². The zero-order chi connectivity index (χ0) is 18.0. The van der Waals surface area contributed by atoms with Crippen molar-refractivity contribution >= 4 is 28.5 Å². The van der Waals surface area contributed by atoms with Gasteiger partial charge in [-0.2, -0.15) is 0 Å². The van der Waals surface area contributed by atoms with Crippen molar-refractivity contribution in [3.63, 3.8) is 0 Å². The highest BCUT2D eigenvalue weighted by Crippen LogP contribution is 2.42. The van der Waals surface area contributed by atoms with Crippen LogP contribution in [0.5, 0.6) is 5.75 Å². The van der Waals surface area contributed by atoms with Gasteiger partial charge in [-0.1, -0.05) is 43.7 Å². The normalized spacial score (nSPS) is 18.2. The summed E-state index contributed by atoms with van der Waals surface area (Å²) < 4.78 is 7.30. The Bertz CT molecular complexity index is 783. The molecule has 1 atom stereocenters. The Balaban J connectivity index is 1.91. The van der Waals surface area contributed by atoms with E-state index in [0.29, 0.717) is 0 Å². The van der Waals surface area contributed by atoms with E-state index in [2.05, 4.69) is 47.8 Å². The third kappa shape index (κ3) is 3.68. The molecule has 1 heterocycles. The lowest BCUT2D eigenvalue weighted by Gasteiger charge is -2.41. The second kappa shape index (κ2) is 7.36. The quantitative estimate of drug-likeness (QED) is 0.634. The number of amides is 1. The van der Waals surface area contributed by atoms with Gasteiger partial charge in [0.2, 0.25) is 0 Å². The maximum atomic E-state index is 12.9. The monoisotopic (exact) mass is 449 g/mol. The molecule has 25 heavy (non-hydrogen) atoms. The van der Waals surface area contributed by atoms with Crippen LogP contribution in [0.4, 0.5) is 0 Å². The van der Waals surface area contributed by atoms with Crippen LogP contribution < -0.4 is 10.1 Å². The van der Waals surface area contributed by atoms with Crippen molar-refractivity contribution in [1.29, 1.82) is 0 Å². The fourth-order valence-electron chi connectivity index (χ4n) is 3.47. The number of ether oxygens (including phenoxy) is 1. The number of carbonyl (C=O) groups excluding carboxylic acids is 1. The van der Waals surface area contributed by atoms with Crippen molar-refractivity contribution in [2.75, 3.05) is 0 Å². The zero-order valence-electron chi connectivity index (χ0n) is 14.9. The minimum absolute atomic E-state index is 0.0211. The van der Waals surface area contributed by atoms with Crippen LogP contribution in [0, 0.1) is 10.5 Å². The summed E-state index contributed by atoms with van der Waals surface area (Å²) in [5, 5.41) is 3.25. The summed E-state index contributed by atoms with van der Waals surface area (Å²) in [6.07, 6.45) is 2.64. The first kappa shape index (κ1) is 18.2. The molecular formula is C21H24INO2. The molecule has 1 amide bonds. The highest BCUT2D eigenvalue weighted by molar-refractivity contribution is 14.1. The highest BCUT2D eigenvalue weighted by Gasteiger charge is 2.39. The lowest BCUT2D eigenvalue weighted by Crippen LogP contribution is -2.44. The van der Waals surface area contributed by atoms with Crippen molar-refractivity contribution in [2.45, 2.75) is 51.7 Å². The lowest BCUT2D eigenvalue weighted by molar-refractivity contribution is 0.0227. The molecule has 2 aromatic carbocycles. The smallest absolute Gasteiger partial charge is 0.252 e. The summed E-state index contributed by atoms with van der Waals surface area (Å²) in [5.41, 5.74) is 2.74. The number of carbonyl (C=O) groups is 1. The number of rotatable bonds is 4. The maximum absolute atomic E-state index is 12.9. The van der Waals surface area contributed by atoms with Gasteiger partial charge in [0.1, 0.15) is 11.4 Å². The third-order valence-corrected chi connectivity index (χ3v) is 6.05. The van der Waals surface area contributed by atoms with Gasteiger partial charge in [0, 0.05) is 15.6 Å². The molecule has 1 aliphatic rings. The summed E-state index contributed by atoms with van der Waals surface area (Å²) in [6, 6.07) is 13.9. The molecule has 0 spiro atoms. The van der Waals surface area contributed by atoms with Crippen molar-refractivity contribution < 1.29 is 9.53 Å². The summed E-state index contributed by atoms with van der Waals surface area (Å²) in [7, 11) is 0. The summed E-state index contributed by atoms with van der Waals surface area (Å²) in [4.78, 5) is 12.9. The third-order valence-electron chi connectivity index (χ3n) is 5.16. The number of para-hydroxylation sites is 1. The molecule has 0 saturated carbocycles. The summed E-state index contributed by atoms with van der Waals surface area (Å²) >= 11 is 2.23. The predicted octanol–water partition coefficient (Wildman–Crippen LogP) is 5.41. The van der Waals surface area contributed by atoms with Gasteiger partial charge in [-0.05, 0) is 60.6 Å². The van der Waals surface area contributed by atoms with Gasteiger partial charge >= 0.3 is 0 Å². The second-order valence-corrected chi connectivity index (χ2v) is 7.91. The van der Waals surface area contributed by atoms with Crippen LogP contribution in [0.25, 0.3) is 0 Å². The molecule has 2 aromatic rings. The lowest BCUT2D eigenvalue weighted by atomic mass is 9.83. The fourth-order valence-corrected chi connectivity index (χ4v) is 4.39. The average Bonchev–Trinajstić information content (AvgIpc) is 2.61. The molecule has 4 heteroatoms. The molecule has 0 aliphatic carbocycles. The minimum Gasteiger partial charge on any atom is -0.487 e.